The maximum Gasteiger partial charge on any atom is 0.255 e. The number of aromatic nitrogens is 3. The summed E-state index contributed by atoms with van der Waals surface area (Å²) in [5.74, 6) is -0.266. The summed E-state index contributed by atoms with van der Waals surface area (Å²) >= 11 is 0. The van der Waals surface area contributed by atoms with Crippen LogP contribution in [0.5, 0.6) is 0 Å². The van der Waals surface area contributed by atoms with E-state index in [-0.39, 0.29) is 10.8 Å². The van der Waals surface area contributed by atoms with E-state index in [2.05, 4.69) is 20.5 Å². The van der Waals surface area contributed by atoms with Crippen LogP contribution in [0.2, 0.25) is 0 Å². The van der Waals surface area contributed by atoms with Crippen LogP contribution in [0.4, 0.5) is 5.69 Å². The van der Waals surface area contributed by atoms with Crippen LogP contribution in [0.3, 0.4) is 0 Å². The number of nitrogens with zero attached hydrogens (tertiary/aromatic N) is 5. The van der Waals surface area contributed by atoms with Gasteiger partial charge in [-0.1, -0.05) is 29.5 Å². The van der Waals surface area contributed by atoms with Gasteiger partial charge in [-0.05, 0) is 61.1 Å². The third kappa shape index (κ3) is 4.95. The Kier molecular flexibility index (Phi) is 6.33. The van der Waals surface area contributed by atoms with Crippen LogP contribution in [0.15, 0.2) is 77.7 Å². The normalized spacial score (nSPS) is 15.3. The van der Waals surface area contributed by atoms with Crippen LogP contribution in [0, 0.1) is 0 Å². The average Bonchev–Trinajstić information content (AvgIpc) is 3.28. The number of sulfonamides is 1. The van der Waals surface area contributed by atoms with Gasteiger partial charge in [-0.3, -0.25) is 4.79 Å². The maximum atomic E-state index is 12.9. The van der Waals surface area contributed by atoms with Gasteiger partial charge in [0.25, 0.3) is 5.91 Å². The molecule has 1 amide bonds. The summed E-state index contributed by atoms with van der Waals surface area (Å²) in [5.41, 5.74) is 3.82. The van der Waals surface area contributed by atoms with Crippen LogP contribution in [-0.2, 0) is 16.6 Å². The third-order valence-corrected chi connectivity index (χ3v) is 8.09. The quantitative estimate of drug-likeness (QED) is 0.446. The minimum absolute atomic E-state index is 0.227. The number of para-hydroxylation sites is 1. The minimum atomic E-state index is -3.54. The van der Waals surface area contributed by atoms with E-state index in [1.807, 2.05) is 48.1 Å². The molecule has 0 saturated carbocycles. The Balaban J connectivity index is 1.22. The molecule has 0 aliphatic carbocycles. The topological polar surface area (TPSA) is 100 Å². The number of nitrogens with one attached hydrogen (secondary N) is 1. The molecule has 180 valence electrons. The molecule has 1 saturated heterocycles. The number of benzene rings is 3. The molecule has 2 heterocycles. The van der Waals surface area contributed by atoms with Crippen molar-refractivity contribution in [3.8, 4) is 0 Å². The number of carbonyl (C=O) groups excluding carboxylic acids is 1. The van der Waals surface area contributed by atoms with Crippen molar-refractivity contribution in [1.29, 1.82) is 0 Å². The molecule has 5 rings (SSSR count). The molecular formula is C25H26N6O3S. The largest absolute Gasteiger partial charge is 0.322 e. The summed E-state index contributed by atoms with van der Waals surface area (Å²) < 4.78 is 29.1. The molecule has 35 heavy (non-hydrogen) atoms. The second-order valence-corrected chi connectivity index (χ2v) is 10.6. The Morgan fingerprint density at radius 1 is 0.914 bits per heavy atom. The molecule has 1 fully saturated rings. The molecule has 1 aromatic heterocycles. The highest BCUT2D eigenvalue weighted by Gasteiger charge is 2.27. The fourth-order valence-corrected chi connectivity index (χ4v) is 5.48. The highest BCUT2D eigenvalue weighted by molar-refractivity contribution is 7.89. The number of likely N-dealkylation sites (N-methyl/N-ethyl adjacent to an activating group) is 1. The van der Waals surface area contributed by atoms with Gasteiger partial charge < -0.3 is 10.2 Å². The third-order valence-electron chi connectivity index (χ3n) is 6.18. The van der Waals surface area contributed by atoms with Gasteiger partial charge in [0.15, 0.2) is 0 Å². The first-order chi connectivity index (χ1) is 16.9. The number of piperazine rings is 1. The average molecular weight is 491 g/mol. The molecule has 1 aliphatic rings. The molecular weight excluding hydrogens is 464 g/mol. The van der Waals surface area contributed by atoms with Gasteiger partial charge in [0.1, 0.15) is 5.52 Å². The summed E-state index contributed by atoms with van der Waals surface area (Å²) in [6.07, 6.45) is 0. The molecule has 0 spiro atoms. The van der Waals surface area contributed by atoms with E-state index in [1.165, 1.54) is 16.4 Å². The Morgan fingerprint density at radius 3 is 2.31 bits per heavy atom. The van der Waals surface area contributed by atoms with Gasteiger partial charge >= 0.3 is 0 Å². The summed E-state index contributed by atoms with van der Waals surface area (Å²) in [4.78, 5) is 15.0. The lowest BCUT2D eigenvalue weighted by molar-refractivity contribution is 0.102. The predicted octanol–water partition coefficient (Wildman–Crippen LogP) is 2.67. The fraction of sp³-hybridized carbons (Fsp3) is 0.240. The molecule has 1 N–H and O–H groups in total. The lowest BCUT2D eigenvalue weighted by atomic mass is 10.1. The Morgan fingerprint density at radius 2 is 1.60 bits per heavy atom. The number of rotatable bonds is 6. The zero-order valence-electron chi connectivity index (χ0n) is 19.3. The number of hydrogen-bond acceptors (Lipinski definition) is 6. The van der Waals surface area contributed by atoms with Crippen LogP contribution < -0.4 is 5.32 Å². The summed E-state index contributed by atoms with van der Waals surface area (Å²) in [6, 6.07) is 21.4. The van der Waals surface area contributed by atoms with Crippen molar-refractivity contribution in [2.45, 2.75) is 11.4 Å². The zero-order chi connectivity index (χ0) is 24.4. The molecule has 3 aromatic carbocycles. The van der Waals surface area contributed by atoms with Gasteiger partial charge in [-0.25, -0.2) is 13.1 Å². The minimum Gasteiger partial charge on any atom is -0.322 e. The Labute approximate surface area is 204 Å². The van der Waals surface area contributed by atoms with E-state index in [1.54, 1.807) is 24.3 Å². The number of anilines is 1. The van der Waals surface area contributed by atoms with Crippen LogP contribution in [0.25, 0.3) is 11.0 Å². The van der Waals surface area contributed by atoms with Gasteiger partial charge in [0, 0.05) is 37.4 Å². The van der Waals surface area contributed by atoms with Crippen molar-refractivity contribution in [3.05, 3.63) is 83.9 Å². The predicted molar refractivity (Wildman–Crippen MR) is 134 cm³/mol. The molecule has 10 heteroatoms. The molecule has 0 bridgehead atoms. The van der Waals surface area contributed by atoms with E-state index < -0.39 is 10.0 Å². The van der Waals surface area contributed by atoms with Crippen molar-refractivity contribution >= 4 is 32.7 Å². The van der Waals surface area contributed by atoms with Crippen molar-refractivity contribution < 1.29 is 13.2 Å². The molecule has 0 atom stereocenters. The number of amides is 1. The first kappa shape index (κ1) is 23.2. The first-order valence-corrected chi connectivity index (χ1v) is 12.8. The lowest BCUT2D eigenvalue weighted by Crippen LogP contribution is -2.46. The lowest BCUT2D eigenvalue weighted by Gasteiger charge is -2.31. The van der Waals surface area contributed by atoms with E-state index in [4.69, 9.17) is 0 Å². The number of hydrogen-bond donors (Lipinski definition) is 1. The van der Waals surface area contributed by atoms with E-state index in [9.17, 15) is 13.2 Å². The second-order valence-electron chi connectivity index (χ2n) is 8.62. The molecule has 4 aromatic rings. The Bertz CT molecular complexity index is 1440. The van der Waals surface area contributed by atoms with Gasteiger partial charge in [0.2, 0.25) is 10.0 Å². The van der Waals surface area contributed by atoms with Crippen molar-refractivity contribution in [1.82, 2.24) is 24.2 Å². The summed E-state index contributed by atoms with van der Waals surface area (Å²) in [6.45, 7) is 2.91. The van der Waals surface area contributed by atoms with Crippen LogP contribution >= 0.6 is 0 Å². The van der Waals surface area contributed by atoms with Gasteiger partial charge in [-0.15, -0.1) is 5.10 Å². The maximum absolute atomic E-state index is 12.9. The summed E-state index contributed by atoms with van der Waals surface area (Å²) in [7, 11) is -1.56. The van der Waals surface area contributed by atoms with Crippen LogP contribution in [-0.4, -0.2) is 71.8 Å². The highest BCUT2D eigenvalue weighted by Crippen LogP contribution is 2.20. The highest BCUT2D eigenvalue weighted by atomic mass is 32.2. The smallest absolute Gasteiger partial charge is 0.255 e. The van der Waals surface area contributed by atoms with Crippen molar-refractivity contribution in [2.75, 3.05) is 38.5 Å². The van der Waals surface area contributed by atoms with E-state index in [0.717, 1.165) is 16.6 Å². The fourth-order valence-electron chi connectivity index (χ4n) is 4.06. The monoisotopic (exact) mass is 490 g/mol. The van der Waals surface area contributed by atoms with Gasteiger partial charge in [0.05, 0.1) is 17.0 Å². The first-order valence-electron chi connectivity index (χ1n) is 11.4. The molecule has 0 unspecified atom stereocenters. The van der Waals surface area contributed by atoms with Crippen molar-refractivity contribution in [3.63, 3.8) is 0 Å². The summed E-state index contributed by atoms with van der Waals surface area (Å²) in [5, 5.41) is 11.2. The Hall–Kier alpha value is -3.60. The number of carbonyl (C=O) groups is 1. The zero-order valence-corrected chi connectivity index (χ0v) is 20.1. The van der Waals surface area contributed by atoms with Crippen LogP contribution in [0.1, 0.15) is 15.9 Å². The number of fused-ring (bicyclic) bond motifs is 1. The van der Waals surface area contributed by atoms with E-state index >= 15 is 0 Å². The second kappa shape index (κ2) is 9.57. The molecule has 0 radical (unpaired) electrons. The SMILES string of the molecule is CN1CCN(S(=O)(=O)c2ccc(NC(=O)c3ccc(Cn4nnc5ccccc54)cc3)cc2)CC1. The van der Waals surface area contributed by atoms with Crippen molar-refractivity contribution in [2.24, 2.45) is 0 Å². The van der Waals surface area contributed by atoms with E-state index in [0.29, 0.717) is 44.0 Å². The molecule has 9 nitrogen and oxygen atoms in total. The van der Waals surface area contributed by atoms with Gasteiger partial charge in [-0.2, -0.15) is 4.31 Å². The standard InChI is InChI=1S/C25H26N6O3S/c1-29-14-16-30(17-15-29)35(33,34)22-12-10-21(11-13-22)26-25(32)20-8-6-19(7-9-20)18-31-24-5-3-2-4-23(24)27-28-31/h2-13H,14-18H2,1H3,(H,26,32). The molecule has 1 aliphatic heterocycles.